The molecule has 3 aliphatic carbocycles. The molecular weight excluding hydrogens is 280 g/mol. The van der Waals surface area contributed by atoms with E-state index in [-0.39, 0.29) is 6.39 Å². The van der Waals surface area contributed by atoms with E-state index in [1.807, 2.05) is 0 Å². The van der Waals surface area contributed by atoms with Gasteiger partial charge in [-0.1, -0.05) is 0 Å². The van der Waals surface area contributed by atoms with Crippen molar-refractivity contribution in [2.45, 2.75) is 37.5 Å². The van der Waals surface area contributed by atoms with Crippen molar-refractivity contribution in [1.82, 2.24) is 0 Å². The van der Waals surface area contributed by atoms with Crippen LogP contribution in [0.2, 0.25) is 0 Å². The molecule has 0 unspecified atom stereocenters. The molecule has 0 heterocycles. The molecular formula is C12H16B7N2S. The molecule has 4 N–H and O–H groups in total. The Bertz CT molecular complexity index is 497. The van der Waals surface area contributed by atoms with Gasteiger partial charge < -0.3 is 11.5 Å². The van der Waals surface area contributed by atoms with Gasteiger partial charge in [0.25, 0.3) is 0 Å². The van der Waals surface area contributed by atoms with Crippen LogP contribution in [0, 0.1) is 0 Å². The number of hydrogen-bond donors (Lipinski definition) is 2. The monoisotopic (exact) mass is 297 g/mol. The molecule has 0 amide bonds. The Morgan fingerprint density at radius 3 is 1.64 bits per heavy atom. The van der Waals surface area contributed by atoms with E-state index in [0.29, 0.717) is 0 Å². The standard InChI is InChI=1S/C12H16N2.B7S/c13-11-5-9-7-1-2-8(4-3-7)10(9)6-12(11)14;1-4-7(5-8)6(2)3/h5-8H,1-4,13-14H2;. The second-order valence-electron chi connectivity index (χ2n) is 6.14. The third-order valence-corrected chi connectivity index (χ3v) is 5.03. The topological polar surface area (TPSA) is 52.0 Å². The molecule has 1 saturated carbocycles. The van der Waals surface area contributed by atoms with Gasteiger partial charge in [0.2, 0.25) is 0 Å². The average molecular weight is 296 g/mol. The molecule has 0 spiro atoms. The van der Waals surface area contributed by atoms with Crippen molar-refractivity contribution in [3.8, 4) is 0 Å². The molecule has 0 aliphatic heterocycles. The quantitative estimate of drug-likeness (QED) is 0.634. The number of anilines is 2. The summed E-state index contributed by atoms with van der Waals surface area (Å²) in [7, 11) is 16.9. The maximum absolute atomic E-state index is 5.85. The predicted octanol–water partition coefficient (Wildman–Crippen LogP) is 0.588. The van der Waals surface area contributed by atoms with Gasteiger partial charge in [-0.3, -0.25) is 0 Å². The molecule has 10 heteroatoms. The number of benzene rings is 1. The van der Waals surface area contributed by atoms with Crippen LogP contribution in [0.3, 0.4) is 0 Å². The fourth-order valence-electron chi connectivity index (χ4n) is 3.36. The summed E-state index contributed by atoms with van der Waals surface area (Å²) in [5, 5.41) is 0. The van der Waals surface area contributed by atoms with Gasteiger partial charge in [-0.25, -0.2) is 0 Å². The van der Waals surface area contributed by atoms with Crippen LogP contribution in [0.15, 0.2) is 12.1 Å². The Morgan fingerprint density at radius 2 is 1.41 bits per heavy atom. The minimum absolute atomic E-state index is 0.148. The average Bonchev–Trinajstić information content (AvgIpc) is 2.51. The summed E-state index contributed by atoms with van der Waals surface area (Å²) in [4.78, 5) is 0. The van der Waals surface area contributed by atoms with Crippen LogP contribution in [0.4, 0.5) is 11.4 Å². The second-order valence-corrected chi connectivity index (χ2v) is 6.41. The first kappa shape index (κ1) is 17.8. The van der Waals surface area contributed by atoms with E-state index >= 15 is 0 Å². The summed E-state index contributed by atoms with van der Waals surface area (Å²) in [6.07, 6.45) is 4.78. The fourth-order valence-corrected chi connectivity index (χ4v) is 3.63. The van der Waals surface area contributed by atoms with Gasteiger partial charge in [-0.05, 0) is 60.8 Å². The third kappa shape index (κ3) is 3.87. The van der Waals surface area contributed by atoms with Crippen molar-refractivity contribution >= 4 is 72.5 Å². The Balaban J connectivity index is 0.000000192. The minimum atomic E-state index is -0.461. The molecule has 0 saturated heterocycles. The van der Waals surface area contributed by atoms with Crippen LogP contribution in [-0.2, 0) is 0 Å². The molecule has 0 aromatic heterocycles. The van der Waals surface area contributed by atoms with Gasteiger partial charge >= 0.3 is 61.1 Å². The van der Waals surface area contributed by atoms with Crippen molar-refractivity contribution in [2.75, 3.05) is 11.5 Å². The molecule has 7 radical (unpaired) electrons. The zero-order valence-corrected chi connectivity index (χ0v) is 13.6. The van der Waals surface area contributed by atoms with Gasteiger partial charge in [0.15, 0.2) is 0 Å². The van der Waals surface area contributed by atoms with Gasteiger partial charge in [0.05, 0.1) is 11.4 Å². The van der Waals surface area contributed by atoms with E-state index in [9.17, 15) is 0 Å². The van der Waals surface area contributed by atoms with Gasteiger partial charge in [-0.15, -0.1) is 0 Å². The molecule has 0 atom stereocenters. The molecule has 2 bridgehead atoms. The Hall–Kier alpha value is -0.505. The summed E-state index contributed by atoms with van der Waals surface area (Å²) in [6.45, 7) is 0. The van der Waals surface area contributed by atoms with Gasteiger partial charge in [0, 0.05) is 0 Å². The SMILES string of the molecule is Nc1cc2c(cc1N)C1CCC2CC1.[B][B]B(B=S)B([B])[B]. The van der Waals surface area contributed by atoms with Gasteiger partial charge in [0.1, 0.15) is 0 Å². The van der Waals surface area contributed by atoms with Crippen molar-refractivity contribution in [1.29, 1.82) is 0 Å². The molecule has 101 valence electrons. The van der Waals surface area contributed by atoms with E-state index in [2.05, 4.69) is 24.2 Å². The predicted molar refractivity (Wildman–Crippen MR) is 107 cm³/mol. The number of nitrogen functional groups attached to an aromatic ring is 2. The van der Waals surface area contributed by atoms with Crippen LogP contribution in [0.1, 0.15) is 48.6 Å². The molecule has 4 rings (SSSR count). The van der Waals surface area contributed by atoms with Crippen LogP contribution in [0.25, 0.3) is 0 Å². The number of rotatable bonds is 3. The van der Waals surface area contributed by atoms with Gasteiger partial charge in [-0.2, -0.15) is 0 Å². The zero-order valence-electron chi connectivity index (χ0n) is 12.7. The molecule has 2 nitrogen and oxygen atoms in total. The number of nitrogens with two attached hydrogens (primary N) is 2. The summed E-state index contributed by atoms with van der Waals surface area (Å²) >= 11 is 4.55. The van der Waals surface area contributed by atoms with Crippen molar-refractivity contribution in [3.05, 3.63) is 23.3 Å². The van der Waals surface area contributed by atoms with Crippen LogP contribution in [0.5, 0.6) is 0 Å². The molecule has 22 heavy (non-hydrogen) atoms. The Kier molecular flexibility index (Phi) is 6.37. The summed E-state index contributed by atoms with van der Waals surface area (Å²) in [5.74, 6) is 1.52. The van der Waals surface area contributed by atoms with Crippen LogP contribution >= 0.6 is 12.1 Å². The normalized spacial score (nSPS) is 20.9. The Labute approximate surface area is 144 Å². The summed E-state index contributed by atoms with van der Waals surface area (Å²) in [5.41, 5.74) is 16.2. The van der Waals surface area contributed by atoms with Crippen molar-refractivity contribution in [2.24, 2.45) is 0 Å². The number of hydrogen-bond acceptors (Lipinski definition) is 3. The van der Waals surface area contributed by atoms with Crippen molar-refractivity contribution in [3.63, 3.8) is 0 Å². The molecule has 1 fully saturated rings. The first-order chi connectivity index (χ1) is 10.5. The second kappa shape index (κ2) is 7.85. The molecule has 3 aliphatic rings. The van der Waals surface area contributed by atoms with E-state index in [4.69, 9.17) is 34.7 Å². The Morgan fingerprint density at radius 1 is 1.00 bits per heavy atom. The van der Waals surface area contributed by atoms with E-state index in [1.54, 1.807) is 0 Å². The van der Waals surface area contributed by atoms with E-state index < -0.39 is 6.39 Å². The first-order valence-electron chi connectivity index (χ1n) is 7.68. The summed E-state index contributed by atoms with van der Waals surface area (Å²) in [6, 6.07) is 5.67. The third-order valence-electron chi connectivity index (χ3n) is 4.72. The van der Waals surface area contributed by atoms with E-state index in [1.165, 1.54) is 49.9 Å². The number of fused-ring (bicyclic) bond motifs is 2. The van der Waals surface area contributed by atoms with E-state index in [0.717, 1.165) is 23.2 Å². The zero-order chi connectivity index (χ0) is 16.3. The maximum atomic E-state index is 5.85. The fraction of sp³-hybridized carbons (Fsp3) is 0.500. The molecule has 1 aromatic carbocycles. The van der Waals surface area contributed by atoms with Crippen LogP contribution in [-0.4, -0.2) is 49.1 Å². The van der Waals surface area contributed by atoms with Crippen LogP contribution < -0.4 is 11.5 Å². The summed E-state index contributed by atoms with van der Waals surface area (Å²) < 4.78 is 0. The molecule has 1 aromatic rings. The first-order valence-corrected chi connectivity index (χ1v) is 8.15. The van der Waals surface area contributed by atoms with Crippen molar-refractivity contribution < 1.29 is 0 Å².